The zero-order valence-electron chi connectivity index (χ0n) is 14.5. The maximum absolute atomic E-state index is 12.8. The first-order valence-corrected chi connectivity index (χ1v) is 8.56. The number of carbonyl (C=O) groups is 1. The summed E-state index contributed by atoms with van der Waals surface area (Å²) in [5, 5.41) is 10.6. The van der Waals surface area contributed by atoms with Crippen molar-refractivity contribution in [1.82, 2.24) is 25.1 Å². The molecule has 0 radical (unpaired) electrons. The second kappa shape index (κ2) is 7.05. The number of aromatic nitrogens is 4. The zero-order chi connectivity index (χ0) is 17.9. The maximum Gasteiger partial charge on any atom is 0.229 e. The molecular formula is C19H20N6O. The van der Waals surface area contributed by atoms with Gasteiger partial charge in [-0.3, -0.25) is 9.48 Å². The van der Waals surface area contributed by atoms with Crippen molar-refractivity contribution >= 4 is 11.6 Å². The number of carbonyl (C=O) groups excluding carboxylic acids is 1. The van der Waals surface area contributed by atoms with Crippen LogP contribution in [-0.4, -0.2) is 38.7 Å². The standard InChI is InChI=1S/C19H20N6O/c1-25-11-15(8-23-25)17-9-20-10-18(17)19(26)24-16-4-2-13(3-5-16)14-6-21-12-22-7-14/h2-8,11-12,17-18,20H,9-10H2,1H3,(H,24,26)/t17-,18+/m1/s1. The van der Waals surface area contributed by atoms with Crippen LogP contribution >= 0.6 is 0 Å². The highest BCUT2D eigenvalue weighted by atomic mass is 16.1. The van der Waals surface area contributed by atoms with Gasteiger partial charge in [-0.1, -0.05) is 12.1 Å². The van der Waals surface area contributed by atoms with E-state index in [1.807, 2.05) is 43.7 Å². The van der Waals surface area contributed by atoms with Crippen molar-refractivity contribution in [3.05, 3.63) is 60.9 Å². The van der Waals surface area contributed by atoms with Crippen LogP contribution in [0.3, 0.4) is 0 Å². The molecule has 0 spiro atoms. The second-order valence-electron chi connectivity index (χ2n) is 6.51. The smallest absolute Gasteiger partial charge is 0.229 e. The lowest BCUT2D eigenvalue weighted by Crippen LogP contribution is -2.28. The number of nitrogens with zero attached hydrogens (tertiary/aromatic N) is 4. The number of nitrogens with one attached hydrogen (secondary N) is 2. The first-order chi connectivity index (χ1) is 12.7. The molecule has 7 nitrogen and oxygen atoms in total. The molecule has 2 aromatic heterocycles. The molecule has 1 aromatic carbocycles. The van der Waals surface area contributed by atoms with Crippen molar-refractivity contribution in [3.8, 4) is 11.1 Å². The molecule has 26 heavy (non-hydrogen) atoms. The number of aryl methyl sites for hydroxylation is 1. The normalized spacial score (nSPS) is 19.4. The fraction of sp³-hybridized carbons (Fsp3) is 0.263. The molecule has 3 heterocycles. The summed E-state index contributed by atoms with van der Waals surface area (Å²) in [6.45, 7) is 1.46. The Morgan fingerprint density at radius 2 is 1.88 bits per heavy atom. The molecule has 1 amide bonds. The lowest BCUT2D eigenvalue weighted by molar-refractivity contribution is -0.119. The number of hydrogen-bond acceptors (Lipinski definition) is 5. The van der Waals surface area contributed by atoms with E-state index in [0.29, 0.717) is 6.54 Å². The number of amides is 1. The summed E-state index contributed by atoms with van der Waals surface area (Å²) in [4.78, 5) is 20.8. The van der Waals surface area contributed by atoms with Gasteiger partial charge in [-0.25, -0.2) is 9.97 Å². The van der Waals surface area contributed by atoms with Gasteiger partial charge in [-0.05, 0) is 23.3 Å². The summed E-state index contributed by atoms with van der Waals surface area (Å²) in [5.74, 6) is 0.0606. The molecule has 0 aliphatic carbocycles. The first kappa shape index (κ1) is 16.4. The summed E-state index contributed by atoms with van der Waals surface area (Å²) < 4.78 is 1.77. The van der Waals surface area contributed by atoms with Crippen LogP contribution in [0, 0.1) is 5.92 Å². The minimum absolute atomic E-state index is 0.0275. The van der Waals surface area contributed by atoms with Gasteiger partial charge in [0.2, 0.25) is 5.91 Å². The van der Waals surface area contributed by atoms with Crippen LogP contribution in [0.5, 0.6) is 0 Å². The van der Waals surface area contributed by atoms with Gasteiger partial charge in [0, 0.05) is 55.9 Å². The van der Waals surface area contributed by atoms with Gasteiger partial charge in [-0.2, -0.15) is 5.10 Å². The summed E-state index contributed by atoms with van der Waals surface area (Å²) in [6, 6.07) is 7.73. The molecule has 4 rings (SSSR count). The van der Waals surface area contributed by atoms with Crippen LogP contribution in [0.15, 0.2) is 55.4 Å². The Balaban J connectivity index is 1.46. The lowest BCUT2D eigenvalue weighted by atomic mass is 9.90. The molecule has 132 valence electrons. The molecule has 2 atom stereocenters. The molecule has 7 heteroatoms. The van der Waals surface area contributed by atoms with Crippen molar-refractivity contribution in [1.29, 1.82) is 0 Å². The largest absolute Gasteiger partial charge is 0.326 e. The molecule has 0 saturated carbocycles. The van der Waals surface area contributed by atoms with E-state index >= 15 is 0 Å². The van der Waals surface area contributed by atoms with Gasteiger partial charge in [0.25, 0.3) is 0 Å². The number of rotatable bonds is 4. The SMILES string of the molecule is Cn1cc([C@H]2CNC[C@@H]2C(=O)Nc2ccc(-c3cncnc3)cc2)cn1. The van der Waals surface area contributed by atoms with E-state index in [-0.39, 0.29) is 17.7 Å². The number of anilines is 1. The van der Waals surface area contributed by atoms with E-state index in [0.717, 1.165) is 28.9 Å². The van der Waals surface area contributed by atoms with Gasteiger partial charge in [0.05, 0.1) is 12.1 Å². The van der Waals surface area contributed by atoms with Crippen molar-refractivity contribution < 1.29 is 4.79 Å². The van der Waals surface area contributed by atoms with Crippen molar-refractivity contribution in [2.75, 3.05) is 18.4 Å². The van der Waals surface area contributed by atoms with Crippen molar-refractivity contribution in [3.63, 3.8) is 0 Å². The Morgan fingerprint density at radius 3 is 2.58 bits per heavy atom. The summed E-state index contributed by atoms with van der Waals surface area (Å²) in [7, 11) is 1.89. The van der Waals surface area contributed by atoms with Crippen LogP contribution in [0.25, 0.3) is 11.1 Å². The molecule has 0 bridgehead atoms. The minimum Gasteiger partial charge on any atom is -0.326 e. The van der Waals surface area contributed by atoms with Crippen molar-refractivity contribution in [2.24, 2.45) is 13.0 Å². The molecule has 1 aliphatic heterocycles. The molecule has 2 N–H and O–H groups in total. The van der Waals surface area contributed by atoms with Gasteiger partial charge in [0.15, 0.2) is 0 Å². The van der Waals surface area contributed by atoms with Crippen LogP contribution in [0.4, 0.5) is 5.69 Å². The highest BCUT2D eigenvalue weighted by molar-refractivity contribution is 5.93. The minimum atomic E-state index is -0.110. The van der Waals surface area contributed by atoms with Crippen LogP contribution < -0.4 is 10.6 Å². The Labute approximate surface area is 151 Å². The zero-order valence-corrected chi connectivity index (χ0v) is 14.5. The lowest BCUT2D eigenvalue weighted by Gasteiger charge is -2.17. The topological polar surface area (TPSA) is 84.7 Å². The van der Waals surface area contributed by atoms with Gasteiger partial charge >= 0.3 is 0 Å². The van der Waals surface area contributed by atoms with Gasteiger partial charge in [0.1, 0.15) is 6.33 Å². The fourth-order valence-electron chi connectivity index (χ4n) is 3.37. The molecule has 1 aliphatic rings. The van der Waals surface area contributed by atoms with Gasteiger partial charge in [-0.15, -0.1) is 0 Å². The highest BCUT2D eigenvalue weighted by Gasteiger charge is 2.34. The summed E-state index contributed by atoms with van der Waals surface area (Å²) in [5.41, 5.74) is 3.84. The Bertz CT molecular complexity index is 890. The molecule has 3 aromatic rings. The third kappa shape index (κ3) is 3.34. The van der Waals surface area contributed by atoms with Crippen LogP contribution in [0.2, 0.25) is 0 Å². The average molecular weight is 348 g/mol. The van der Waals surface area contributed by atoms with E-state index in [9.17, 15) is 4.79 Å². The van der Waals surface area contributed by atoms with Crippen molar-refractivity contribution in [2.45, 2.75) is 5.92 Å². The van der Waals surface area contributed by atoms with Crippen LogP contribution in [-0.2, 0) is 11.8 Å². The fourth-order valence-corrected chi connectivity index (χ4v) is 3.37. The summed E-state index contributed by atoms with van der Waals surface area (Å²) in [6.07, 6.45) is 8.86. The number of hydrogen-bond donors (Lipinski definition) is 2. The quantitative estimate of drug-likeness (QED) is 0.751. The Hall–Kier alpha value is -3.06. The molecular weight excluding hydrogens is 328 g/mol. The molecule has 1 fully saturated rings. The third-order valence-electron chi connectivity index (χ3n) is 4.75. The Morgan fingerprint density at radius 1 is 1.12 bits per heavy atom. The monoisotopic (exact) mass is 348 g/mol. The van der Waals surface area contributed by atoms with E-state index in [1.165, 1.54) is 6.33 Å². The number of benzene rings is 1. The maximum atomic E-state index is 12.8. The van der Waals surface area contributed by atoms with E-state index in [4.69, 9.17) is 0 Å². The second-order valence-corrected chi connectivity index (χ2v) is 6.51. The third-order valence-corrected chi connectivity index (χ3v) is 4.75. The molecule has 1 saturated heterocycles. The average Bonchev–Trinajstić information content (AvgIpc) is 3.32. The van der Waals surface area contributed by atoms with E-state index in [2.05, 4.69) is 25.7 Å². The van der Waals surface area contributed by atoms with Gasteiger partial charge < -0.3 is 10.6 Å². The summed E-state index contributed by atoms with van der Waals surface area (Å²) >= 11 is 0. The predicted octanol–water partition coefficient (Wildman–Crippen LogP) is 1.82. The molecule has 0 unspecified atom stereocenters. The highest BCUT2D eigenvalue weighted by Crippen LogP contribution is 2.29. The Kier molecular flexibility index (Phi) is 4.45. The van der Waals surface area contributed by atoms with E-state index in [1.54, 1.807) is 17.1 Å². The van der Waals surface area contributed by atoms with Crippen LogP contribution in [0.1, 0.15) is 11.5 Å². The first-order valence-electron chi connectivity index (χ1n) is 8.56. The predicted molar refractivity (Wildman–Crippen MR) is 98.4 cm³/mol. The van der Waals surface area contributed by atoms with E-state index < -0.39 is 0 Å².